The number of benzene rings is 2. The van der Waals surface area contributed by atoms with Gasteiger partial charge in [0.15, 0.2) is 10.9 Å². The summed E-state index contributed by atoms with van der Waals surface area (Å²) in [6, 6.07) is 11.8. The van der Waals surface area contributed by atoms with Crippen molar-refractivity contribution in [1.29, 1.82) is 0 Å². The Morgan fingerprint density at radius 3 is 2.34 bits per heavy atom. The van der Waals surface area contributed by atoms with Gasteiger partial charge in [-0.25, -0.2) is 0 Å². The summed E-state index contributed by atoms with van der Waals surface area (Å²) in [6.07, 6.45) is 7.28. The topological polar surface area (TPSA) is 32.8 Å². The van der Waals surface area contributed by atoms with Gasteiger partial charge in [0.25, 0.3) is 5.91 Å². The minimum Gasteiger partial charge on any atom is -0.486 e. The molecule has 0 bridgehead atoms. The number of ether oxygens (including phenoxy) is 1. The highest BCUT2D eigenvalue weighted by Crippen LogP contribution is 2.37. The molecule has 168 valence electrons. The van der Waals surface area contributed by atoms with Crippen LogP contribution in [-0.2, 0) is 11.4 Å². The Labute approximate surface area is 204 Å². The number of likely N-dealkylation sites (N-methyl/N-ethyl adjacent to an activating group) is 1. The molecule has 1 heterocycles. The zero-order valence-electron chi connectivity index (χ0n) is 18.2. The van der Waals surface area contributed by atoms with E-state index in [-0.39, 0.29) is 11.9 Å². The van der Waals surface area contributed by atoms with Crippen LogP contribution in [0.1, 0.15) is 48.8 Å². The van der Waals surface area contributed by atoms with E-state index in [1.165, 1.54) is 12.0 Å². The molecule has 2 fully saturated rings. The lowest BCUT2D eigenvalue weighted by molar-refractivity contribution is -0.124. The molecule has 32 heavy (non-hydrogen) atoms. The van der Waals surface area contributed by atoms with Gasteiger partial charge in [0, 0.05) is 13.1 Å². The quantitative estimate of drug-likeness (QED) is 0.349. The maximum absolute atomic E-state index is 13.2. The van der Waals surface area contributed by atoms with Gasteiger partial charge >= 0.3 is 0 Å². The number of aryl methyl sites for hydroxylation is 1. The average molecular weight is 489 g/mol. The van der Waals surface area contributed by atoms with Crippen LogP contribution in [0.4, 0.5) is 0 Å². The summed E-state index contributed by atoms with van der Waals surface area (Å²) < 4.78 is 5.88. The molecule has 1 saturated carbocycles. The fraction of sp³-hybridized carbons (Fsp3) is 0.360. The van der Waals surface area contributed by atoms with Crippen molar-refractivity contribution < 1.29 is 9.53 Å². The Hall–Kier alpha value is -2.08. The number of rotatable bonds is 5. The molecule has 0 spiro atoms. The van der Waals surface area contributed by atoms with Gasteiger partial charge in [-0.2, -0.15) is 0 Å². The fourth-order valence-corrected chi connectivity index (χ4v) is 5.18. The highest BCUT2D eigenvalue weighted by Gasteiger charge is 2.40. The second-order valence-corrected chi connectivity index (χ2v) is 9.61. The average Bonchev–Trinajstić information content (AvgIpc) is 2.98. The monoisotopic (exact) mass is 488 g/mol. The Morgan fingerprint density at radius 2 is 1.72 bits per heavy atom. The first kappa shape index (κ1) is 23.1. The van der Waals surface area contributed by atoms with E-state index >= 15 is 0 Å². The summed E-state index contributed by atoms with van der Waals surface area (Å²) in [5.41, 5.74) is 3.48. The summed E-state index contributed by atoms with van der Waals surface area (Å²) in [7, 11) is 1.83. The molecule has 4 rings (SSSR count). The second-order valence-electron chi connectivity index (χ2n) is 8.43. The van der Waals surface area contributed by atoms with Crippen LogP contribution in [0.3, 0.4) is 0 Å². The molecule has 1 amide bonds. The van der Waals surface area contributed by atoms with Gasteiger partial charge in [-0.3, -0.25) is 9.69 Å². The minimum absolute atomic E-state index is 0.0589. The number of hydrogen-bond donors (Lipinski definition) is 0. The number of carbonyl (C=O) groups is 1. The number of carbonyl (C=O) groups excluding carboxylic acids is 1. The molecule has 1 aliphatic heterocycles. The van der Waals surface area contributed by atoms with Gasteiger partial charge in [-0.05, 0) is 61.3 Å². The van der Waals surface area contributed by atoms with Crippen molar-refractivity contribution in [3.8, 4) is 5.75 Å². The minimum atomic E-state index is -0.0589. The SMILES string of the molecule is Cc1ccc(COc2c(Cl)cc(/C=C3/C(=O)N(C4CCCCC4)C(=S)N3C)cc2Cl)cc1. The predicted octanol–water partition coefficient (Wildman–Crippen LogP) is 6.61. The van der Waals surface area contributed by atoms with Gasteiger partial charge in [-0.15, -0.1) is 0 Å². The summed E-state index contributed by atoms with van der Waals surface area (Å²) in [4.78, 5) is 16.7. The summed E-state index contributed by atoms with van der Waals surface area (Å²) in [6.45, 7) is 2.41. The Morgan fingerprint density at radius 1 is 1.09 bits per heavy atom. The molecule has 0 atom stereocenters. The first-order chi connectivity index (χ1) is 15.3. The number of hydrogen-bond acceptors (Lipinski definition) is 3. The summed E-state index contributed by atoms with van der Waals surface area (Å²) >= 11 is 18.6. The van der Waals surface area contributed by atoms with Gasteiger partial charge < -0.3 is 9.64 Å². The van der Waals surface area contributed by atoms with E-state index in [0.717, 1.165) is 36.8 Å². The second kappa shape index (κ2) is 9.82. The molecule has 0 radical (unpaired) electrons. The molecular weight excluding hydrogens is 463 g/mol. The van der Waals surface area contributed by atoms with Crippen LogP contribution in [0.2, 0.25) is 10.0 Å². The van der Waals surface area contributed by atoms with Gasteiger partial charge in [-0.1, -0.05) is 72.3 Å². The Bertz CT molecular complexity index is 1040. The van der Waals surface area contributed by atoms with Crippen LogP contribution in [0.5, 0.6) is 5.75 Å². The largest absolute Gasteiger partial charge is 0.486 e. The molecule has 0 aromatic heterocycles. The van der Waals surface area contributed by atoms with Gasteiger partial charge in [0.05, 0.1) is 10.0 Å². The van der Waals surface area contributed by atoms with Crippen LogP contribution in [-0.4, -0.2) is 33.9 Å². The normalized spacial score (nSPS) is 18.7. The van der Waals surface area contributed by atoms with Crippen LogP contribution >= 0.6 is 35.4 Å². The molecule has 2 aromatic rings. The lowest BCUT2D eigenvalue weighted by Crippen LogP contribution is -2.41. The van der Waals surface area contributed by atoms with E-state index in [9.17, 15) is 4.79 Å². The summed E-state index contributed by atoms with van der Waals surface area (Å²) in [5, 5.41) is 1.36. The van der Waals surface area contributed by atoms with Crippen LogP contribution in [0.15, 0.2) is 42.1 Å². The van der Waals surface area contributed by atoms with Crippen LogP contribution < -0.4 is 4.74 Å². The third-order valence-electron chi connectivity index (χ3n) is 6.06. The molecule has 0 unspecified atom stereocenters. The van der Waals surface area contributed by atoms with Gasteiger partial charge in [0.1, 0.15) is 12.3 Å². The van der Waals surface area contributed by atoms with E-state index in [1.54, 1.807) is 28.0 Å². The van der Waals surface area contributed by atoms with Crippen molar-refractivity contribution in [2.24, 2.45) is 0 Å². The summed E-state index contributed by atoms with van der Waals surface area (Å²) in [5.74, 6) is 0.373. The fourth-order valence-electron chi connectivity index (χ4n) is 4.24. The third kappa shape index (κ3) is 4.80. The molecule has 1 aliphatic carbocycles. The van der Waals surface area contributed by atoms with Crippen LogP contribution in [0.25, 0.3) is 6.08 Å². The zero-order valence-corrected chi connectivity index (χ0v) is 20.6. The van der Waals surface area contributed by atoms with E-state index < -0.39 is 0 Å². The number of thiocarbonyl (C=S) groups is 1. The van der Waals surface area contributed by atoms with Gasteiger partial charge in [0.2, 0.25) is 0 Å². The molecule has 7 heteroatoms. The lowest BCUT2D eigenvalue weighted by atomic mass is 9.94. The third-order valence-corrected chi connectivity index (χ3v) is 7.09. The molecule has 4 nitrogen and oxygen atoms in total. The lowest BCUT2D eigenvalue weighted by Gasteiger charge is -2.30. The number of halogens is 2. The number of nitrogens with zero attached hydrogens (tertiary/aromatic N) is 2. The predicted molar refractivity (Wildman–Crippen MR) is 134 cm³/mol. The molecule has 2 aliphatic rings. The Kier molecular flexibility index (Phi) is 7.08. The maximum atomic E-state index is 13.2. The van der Waals surface area contributed by atoms with Crippen LogP contribution in [0, 0.1) is 6.92 Å². The molecule has 1 saturated heterocycles. The molecule has 0 N–H and O–H groups in total. The standard InChI is InChI=1S/C25H26Cl2N2O2S/c1-16-8-10-17(11-9-16)15-31-23-20(26)12-18(13-21(23)27)14-22-24(30)29(25(32)28(22)2)19-6-4-3-5-7-19/h8-14,19H,3-7,15H2,1-2H3/b22-14-. The van der Waals surface area contributed by atoms with Crippen molar-refractivity contribution in [1.82, 2.24) is 9.80 Å². The molecule has 2 aromatic carbocycles. The van der Waals surface area contributed by atoms with E-state index in [0.29, 0.717) is 33.2 Å². The van der Waals surface area contributed by atoms with E-state index in [1.807, 2.05) is 38.2 Å². The van der Waals surface area contributed by atoms with Crippen molar-refractivity contribution in [3.63, 3.8) is 0 Å². The first-order valence-corrected chi connectivity index (χ1v) is 12.0. The van der Waals surface area contributed by atoms with E-state index in [2.05, 4.69) is 0 Å². The maximum Gasteiger partial charge on any atom is 0.277 e. The number of amides is 1. The zero-order chi connectivity index (χ0) is 22.8. The Balaban J connectivity index is 1.54. The van der Waals surface area contributed by atoms with Crippen molar-refractivity contribution in [3.05, 3.63) is 68.8 Å². The van der Waals surface area contributed by atoms with Crippen molar-refractivity contribution in [2.75, 3.05) is 7.05 Å². The molecular formula is C25H26Cl2N2O2S. The smallest absolute Gasteiger partial charge is 0.277 e. The highest BCUT2D eigenvalue weighted by atomic mass is 35.5. The van der Waals surface area contributed by atoms with Crippen molar-refractivity contribution in [2.45, 2.75) is 51.7 Å². The highest BCUT2D eigenvalue weighted by molar-refractivity contribution is 7.80. The van der Waals surface area contributed by atoms with Crippen molar-refractivity contribution >= 4 is 52.5 Å². The first-order valence-electron chi connectivity index (χ1n) is 10.9. The van der Waals surface area contributed by atoms with E-state index in [4.69, 9.17) is 40.2 Å².